The summed E-state index contributed by atoms with van der Waals surface area (Å²) in [5, 5.41) is 10.1. The number of benzene rings is 1. The van der Waals surface area contributed by atoms with Gasteiger partial charge in [0, 0.05) is 42.7 Å². The number of likely N-dealkylation sites (N-methyl/N-ethyl adjacent to an activating group) is 1. The van der Waals surface area contributed by atoms with Gasteiger partial charge in [0.1, 0.15) is 28.8 Å². The highest BCUT2D eigenvalue weighted by Gasteiger charge is 2.52. The maximum Gasteiger partial charge on any atom is 0.341 e. The van der Waals surface area contributed by atoms with Gasteiger partial charge in [-0.05, 0) is 50.0 Å². The first-order valence-electron chi connectivity index (χ1n) is 14.9. The Hall–Kier alpha value is -4.68. The van der Waals surface area contributed by atoms with Crippen LogP contribution in [0.25, 0.3) is 16.6 Å². The van der Waals surface area contributed by atoms with E-state index in [2.05, 4.69) is 32.8 Å². The highest BCUT2D eigenvalue weighted by Crippen LogP contribution is 2.51. The number of aromatic nitrogens is 3. The highest BCUT2D eigenvalue weighted by atomic mass is 35.5. The molecule has 0 bridgehead atoms. The fraction of sp³-hybridized carbons (Fsp3) is 0.333. The predicted molar refractivity (Wildman–Crippen MR) is 173 cm³/mol. The lowest BCUT2D eigenvalue weighted by Gasteiger charge is -2.43. The van der Waals surface area contributed by atoms with E-state index in [4.69, 9.17) is 21.1 Å². The van der Waals surface area contributed by atoms with Gasteiger partial charge in [-0.3, -0.25) is 4.79 Å². The summed E-state index contributed by atoms with van der Waals surface area (Å²) < 4.78 is 28.8. The van der Waals surface area contributed by atoms with E-state index in [1.165, 1.54) is 18.9 Å². The lowest BCUT2D eigenvalue weighted by Crippen LogP contribution is -2.57. The van der Waals surface area contributed by atoms with Gasteiger partial charge in [0.2, 0.25) is 17.2 Å². The summed E-state index contributed by atoms with van der Waals surface area (Å²) in [7, 11) is 5.59. The van der Waals surface area contributed by atoms with Crippen molar-refractivity contribution < 1.29 is 23.8 Å². The van der Waals surface area contributed by atoms with E-state index in [-0.39, 0.29) is 41.6 Å². The van der Waals surface area contributed by atoms with Crippen LogP contribution in [0.2, 0.25) is 5.02 Å². The van der Waals surface area contributed by atoms with Gasteiger partial charge in [0.05, 0.1) is 42.3 Å². The molecule has 7 rings (SSSR count). The molecule has 0 amide bonds. The van der Waals surface area contributed by atoms with Crippen molar-refractivity contribution in [3.05, 3.63) is 87.1 Å². The van der Waals surface area contributed by atoms with Crippen molar-refractivity contribution in [1.82, 2.24) is 19.4 Å². The third kappa shape index (κ3) is 5.01. The third-order valence-corrected chi connectivity index (χ3v) is 9.46. The standard InChI is InChI=1S/C33H32ClFN6O5/c1-17-21-9-19(16-46-32-24(34)6-8-29(37-32)45-4)41(30(17)21)27-11-26-22(10-25(27)35)31(42)23(33(43)44)15-40(26)18-5-7-28(36-12-18)39-13-20(14-39)38(2)3/h5-12,15,17,19-20,30H,13-14,16H2,1-4H3,(H,43,44)/t17-,19-,30-/m1/s1. The van der Waals surface area contributed by atoms with Gasteiger partial charge in [-0.15, -0.1) is 0 Å². The summed E-state index contributed by atoms with van der Waals surface area (Å²) in [5.41, 5.74) is 1.10. The molecule has 1 N–H and O–H groups in total. The fourth-order valence-electron chi connectivity index (χ4n) is 6.38. The molecular formula is C33H32ClFN6O5. The van der Waals surface area contributed by atoms with Crippen LogP contribution < -0.4 is 24.7 Å². The first kappa shape index (κ1) is 30.0. The van der Waals surface area contributed by atoms with E-state index in [0.29, 0.717) is 28.1 Å². The lowest BCUT2D eigenvalue weighted by molar-refractivity contribution is 0.0695. The Kier molecular flexibility index (Phi) is 7.36. The van der Waals surface area contributed by atoms with Crippen molar-refractivity contribution >= 4 is 40.0 Å². The molecule has 0 unspecified atom stereocenters. The fourth-order valence-corrected chi connectivity index (χ4v) is 6.54. The topological polar surface area (TPSA) is 113 Å². The van der Waals surface area contributed by atoms with Crippen LogP contribution in [-0.2, 0) is 0 Å². The molecule has 13 heteroatoms. The van der Waals surface area contributed by atoms with Crippen molar-refractivity contribution in [3.63, 3.8) is 0 Å². The first-order valence-corrected chi connectivity index (χ1v) is 15.3. The van der Waals surface area contributed by atoms with Crippen LogP contribution in [0.4, 0.5) is 15.9 Å². The monoisotopic (exact) mass is 646 g/mol. The number of methoxy groups -OCH3 is 1. The van der Waals surface area contributed by atoms with Crippen LogP contribution in [0.1, 0.15) is 17.3 Å². The van der Waals surface area contributed by atoms with Crippen molar-refractivity contribution in [3.8, 4) is 17.4 Å². The summed E-state index contributed by atoms with van der Waals surface area (Å²) in [6.07, 6.45) is 4.98. The summed E-state index contributed by atoms with van der Waals surface area (Å²) >= 11 is 6.31. The van der Waals surface area contributed by atoms with Crippen LogP contribution in [0.3, 0.4) is 0 Å². The second-order valence-corrected chi connectivity index (χ2v) is 12.5. The second kappa shape index (κ2) is 11.3. The summed E-state index contributed by atoms with van der Waals surface area (Å²) in [6.45, 7) is 3.90. The van der Waals surface area contributed by atoms with E-state index < -0.39 is 22.8 Å². The van der Waals surface area contributed by atoms with Gasteiger partial charge >= 0.3 is 5.97 Å². The molecule has 5 heterocycles. The zero-order valence-corrected chi connectivity index (χ0v) is 26.4. The number of anilines is 2. The Morgan fingerprint density at radius 2 is 1.98 bits per heavy atom. The molecule has 2 aliphatic heterocycles. The Morgan fingerprint density at radius 3 is 2.65 bits per heavy atom. The largest absolute Gasteiger partial charge is 0.481 e. The number of carboxylic acid groups (broad SMARTS) is 1. The Labute approximate surface area is 269 Å². The number of rotatable bonds is 9. The normalized spacial score (nSPS) is 20.5. The molecule has 4 aromatic rings. The molecule has 1 saturated carbocycles. The van der Waals surface area contributed by atoms with Crippen LogP contribution in [-0.4, -0.2) is 89.5 Å². The maximum atomic E-state index is 16.0. The molecule has 3 aromatic heterocycles. The minimum Gasteiger partial charge on any atom is -0.481 e. The van der Waals surface area contributed by atoms with Gasteiger partial charge in [-0.2, -0.15) is 4.98 Å². The number of carboxylic acids is 1. The molecule has 1 aromatic carbocycles. The van der Waals surface area contributed by atoms with Crippen molar-refractivity contribution in [2.75, 3.05) is 50.7 Å². The smallest absolute Gasteiger partial charge is 0.341 e. The molecule has 2 fully saturated rings. The molecule has 0 radical (unpaired) electrons. The van der Waals surface area contributed by atoms with E-state index in [9.17, 15) is 14.7 Å². The van der Waals surface area contributed by atoms with Gasteiger partial charge < -0.3 is 33.8 Å². The average molecular weight is 647 g/mol. The minimum atomic E-state index is -1.40. The van der Waals surface area contributed by atoms with Crippen LogP contribution in [0, 0.1) is 11.7 Å². The maximum absolute atomic E-state index is 16.0. The molecule has 1 aliphatic carbocycles. The molecule has 238 valence electrons. The predicted octanol–water partition coefficient (Wildman–Crippen LogP) is 4.24. The summed E-state index contributed by atoms with van der Waals surface area (Å²) in [4.78, 5) is 40.5. The zero-order valence-electron chi connectivity index (χ0n) is 25.6. The third-order valence-electron chi connectivity index (χ3n) is 9.17. The van der Waals surface area contributed by atoms with E-state index in [1.807, 2.05) is 31.1 Å². The van der Waals surface area contributed by atoms with Gasteiger partial charge in [0.25, 0.3) is 0 Å². The number of pyridine rings is 3. The number of aromatic carboxylic acids is 1. The average Bonchev–Trinajstić information content (AvgIpc) is 3.45. The van der Waals surface area contributed by atoms with Crippen molar-refractivity contribution in [1.29, 1.82) is 0 Å². The van der Waals surface area contributed by atoms with Gasteiger partial charge in [-0.25, -0.2) is 14.2 Å². The zero-order chi connectivity index (χ0) is 32.4. The Morgan fingerprint density at radius 1 is 1.20 bits per heavy atom. The first-order chi connectivity index (χ1) is 22.0. The van der Waals surface area contributed by atoms with Gasteiger partial charge in [-0.1, -0.05) is 24.6 Å². The number of hydrogen-bond acceptors (Lipinski definition) is 9. The number of hydrogen-bond donors (Lipinski definition) is 1. The molecule has 1 saturated heterocycles. The Balaban J connectivity index is 1.26. The highest BCUT2D eigenvalue weighted by molar-refractivity contribution is 6.31. The number of nitrogens with zero attached hydrogens (tertiary/aromatic N) is 6. The van der Waals surface area contributed by atoms with E-state index >= 15 is 4.39 Å². The number of fused-ring (bicyclic) bond motifs is 2. The summed E-state index contributed by atoms with van der Waals surface area (Å²) in [6, 6.07) is 9.73. The van der Waals surface area contributed by atoms with Crippen LogP contribution >= 0.6 is 11.6 Å². The van der Waals surface area contributed by atoms with E-state index in [0.717, 1.165) is 25.0 Å². The lowest BCUT2D eigenvalue weighted by atomic mass is 10.1. The molecule has 0 spiro atoms. The van der Waals surface area contributed by atoms with E-state index in [1.54, 1.807) is 29.0 Å². The molecular weight excluding hydrogens is 615 g/mol. The minimum absolute atomic E-state index is 0.0434. The quantitative estimate of drug-likeness (QED) is 0.265. The second-order valence-electron chi connectivity index (χ2n) is 12.1. The summed E-state index contributed by atoms with van der Waals surface area (Å²) in [5.74, 6) is -0.477. The molecule has 3 aliphatic rings. The number of ether oxygens (including phenoxy) is 2. The van der Waals surface area contributed by atoms with Gasteiger partial charge in [0.15, 0.2) is 0 Å². The molecule has 3 atom stereocenters. The van der Waals surface area contributed by atoms with Crippen LogP contribution in [0.15, 0.2) is 65.2 Å². The number of halogens is 2. The molecule has 46 heavy (non-hydrogen) atoms. The molecule has 11 nitrogen and oxygen atoms in total. The van der Waals surface area contributed by atoms with Crippen LogP contribution in [0.5, 0.6) is 11.8 Å². The number of carbonyl (C=O) groups is 1. The van der Waals surface area contributed by atoms with Crippen molar-refractivity contribution in [2.24, 2.45) is 5.92 Å². The SMILES string of the molecule is COc1ccc(Cl)c(OC[C@H]2C=C3[C@@H](C)[C@H]3N2c2cc3c(cc2F)c(=O)c(C(=O)O)cn3-c2ccc(N3CC(N(C)C)C3)nc2)n1. The Bertz CT molecular complexity index is 1960. The van der Waals surface area contributed by atoms with Crippen molar-refractivity contribution in [2.45, 2.75) is 25.0 Å².